The van der Waals surface area contributed by atoms with Gasteiger partial charge in [-0.05, 0) is 30.0 Å². The summed E-state index contributed by atoms with van der Waals surface area (Å²) >= 11 is 14.3. The van der Waals surface area contributed by atoms with Crippen molar-refractivity contribution >= 4 is 74.6 Å². The van der Waals surface area contributed by atoms with Crippen molar-refractivity contribution in [3.8, 4) is 11.3 Å². The number of carbonyl (C=O) groups is 3. The molecule has 0 unspecified atom stereocenters. The first kappa shape index (κ1) is 21.6. The van der Waals surface area contributed by atoms with Crippen LogP contribution in [0, 0.1) is 0 Å². The number of imide groups is 1. The number of nitrogens with one attached hydrogen (secondary N) is 1. The Morgan fingerprint density at radius 2 is 1.77 bits per heavy atom. The zero-order chi connectivity index (χ0) is 22.0. The van der Waals surface area contributed by atoms with Gasteiger partial charge in [-0.2, -0.15) is 0 Å². The topological polar surface area (TPSA) is 79.4 Å². The average Bonchev–Trinajstić information content (AvgIpc) is 3.31. The van der Waals surface area contributed by atoms with Crippen molar-refractivity contribution in [3.63, 3.8) is 0 Å². The third-order valence-electron chi connectivity index (χ3n) is 4.27. The molecule has 31 heavy (non-hydrogen) atoms. The van der Waals surface area contributed by atoms with Crippen LogP contribution in [0.15, 0.2) is 58.8 Å². The van der Waals surface area contributed by atoms with Crippen molar-refractivity contribution in [2.45, 2.75) is 0 Å². The zero-order valence-corrected chi connectivity index (χ0v) is 18.8. The van der Waals surface area contributed by atoms with Gasteiger partial charge in [0.2, 0.25) is 5.91 Å². The summed E-state index contributed by atoms with van der Waals surface area (Å²) in [6.45, 7) is -0.418. The molecule has 3 amide bonds. The molecule has 6 nitrogen and oxygen atoms in total. The lowest BCUT2D eigenvalue weighted by atomic mass is 10.2. The second-order valence-corrected chi connectivity index (χ2v) is 9.02. The first-order valence-corrected chi connectivity index (χ1v) is 11.4. The van der Waals surface area contributed by atoms with Gasteiger partial charge < -0.3 is 5.32 Å². The predicted molar refractivity (Wildman–Crippen MR) is 125 cm³/mol. The van der Waals surface area contributed by atoms with Crippen molar-refractivity contribution < 1.29 is 14.4 Å². The summed E-state index contributed by atoms with van der Waals surface area (Å²) in [5.41, 5.74) is 2.09. The minimum Gasteiger partial charge on any atom is -0.300 e. The predicted octanol–water partition coefficient (Wildman–Crippen LogP) is 5.79. The molecule has 3 aromatic rings. The standard InChI is InChI=1S/C21H13Cl2N3O3S2/c22-14-7-4-8-15(23)13(14)9-17-19(28)26(21(29)31-17)10-18(27)25-20-24-16(11-30-20)12-5-2-1-3-6-12/h1-9,11H,10H2,(H,24,25,27)/b17-9-. The first-order valence-electron chi connectivity index (χ1n) is 8.92. The number of carbonyl (C=O) groups excluding carboxylic acids is 3. The Hall–Kier alpha value is -2.65. The van der Waals surface area contributed by atoms with Crippen molar-refractivity contribution in [1.29, 1.82) is 0 Å². The van der Waals surface area contributed by atoms with Gasteiger partial charge in [0, 0.05) is 26.6 Å². The van der Waals surface area contributed by atoms with E-state index in [1.807, 2.05) is 35.7 Å². The summed E-state index contributed by atoms with van der Waals surface area (Å²) in [5, 5.41) is 5.01. The summed E-state index contributed by atoms with van der Waals surface area (Å²) in [4.78, 5) is 42.8. The number of benzene rings is 2. The van der Waals surface area contributed by atoms with E-state index in [0.29, 0.717) is 20.7 Å². The molecular weight excluding hydrogens is 477 g/mol. The number of thioether (sulfide) groups is 1. The molecule has 2 aromatic carbocycles. The summed E-state index contributed by atoms with van der Waals surface area (Å²) < 4.78 is 0. The van der Waals surface area contributed by atoms with Crippen LogP contribution in [0.1, 0.15) is 5.56 Å². The minimum atomic E-state index is -0.578. The Kier molecular flexibility index (Phi) is 6.43. The van der Waals surface area contributed by atoms with Gasteiger partial charge in [0.15, 0.2) is 5.13 Å². The van der Waals surface area contributed by atoms with Crippen LogP contribution in [-0.2, 0) is 9.59 Å². The fourth-order valence-electron chi connectivity index (χ4n) is 2.79. The van der Waals surface area contributed by atoms with E-state index in [9.17, 15) is 14.4 Å². The molecule has 1 N–H and O–H groups in total. The Balaban J connectivity index is 1.44. The lowest BCUT2D eigenvalue weighted by Gasteiger charge is -2.11. The van der Waals surface area contributed by atoms with Crippen LogP contribution in [0.5, 0.6) is 0 Å². The maximum Gasteiger partial charge on any atom is 0.294 e. The highest BCUT2D eigenvalue weighted by molar-refractivity contribution is 8.18. The molecule has 156 valence electrons. The van der Waals surface area contributed by atoms with E-state index in [1.165, 1.54) is 17.4 Å². The summed E-state index contributed by atoms with van der Waals surface area (Å²) in [7, 11) is 0. The van der Waals surface area contributed by atoms with Crippen molar-refractivity contribution in [2.75, 3.05) is 11.9 Å². The van der Waals surface area contributed by atoms with Gasteiger partial charge in [-0.3, -0.25) is 19.3 Å². The Morgan fingerprint density at radius 1 is 1.06 bits per heavy atom. The molecule has 0 aliphatic carbocycles. The molecule has 1 aromatic heterocycles. The lowest BCUT2D eigenvalue weighted by molar-refractivity contribution is -0.127. The second-order valence-electron chi connectivity index (χ2n) is 6.36. The number of thiazole rings is 1. The number of nitrogens with zero attached hydrogens (tertiary/aromatic N) is 2. The van der Waals surface area contributed by atoms with E-state index < -0.39 is 23.6 Å². The third kappa shape index (κ3) is 4.83. The van der Waals surface area contributed by atoms with Gasteiger partial charge >= 0.3 is 0 Å². The number of anilines is 1. The number of hydrogen-bond acceptors (Lipinski definition) is 6. The lowest BCUT2D eigenvalue weighted by Crippen LogP contribution is -2.36. The smallest absolute Gasteiger partial charge is 0.294 e. The van der Waals surface area contributed by atoms with Crippen LogP contribution in [0.2, 0.25) is 10.0 Å². The zero-order valence-electron chi connectivity index (χ0n) is 15.7. The van der Waals surface area contributed by atoms with Gasteiger partial charge in [0.25, 0.3) is 11.1 Å². The van der Waals surface area contributed by atoms with Crippen molar-refractivity contribution in [3.05, 3.63) is 74.4 Å². The quantitative estimate of drug-likeness (QED) is 0.458. The highest BCUT2D eigenvalue weighted by Crippen LogP contribution is 2.35. The second kappa shape index (κ2) is 9.23. The number of aromatic nitrogens is 1. The van der Waals surface area contributed by atoms with E-state index in [-0.39, 0.29) is 4.91 Å². The van der Waals surface area contributed by atoms with Crippen LogP contribution in [0.4, 0.5) is 9.93 Å². The Morgan fingerprint density at radius 3 is 2.48 bits per heavy atom. The van der Waals surface area contributed by atoms with Gasteiger partial charge in [-0.15, -0.1) is 11.3 Å². The highest BCUT2D eigenvalue weighted by atomic mass is 35.5. The van der Waals surface area contributed by atoms with Gasteiger partial charge in [-0.1, -0.05) is 59.6 Å². The van der Waals surface area contributed by atoms with Crippen LogP contribution < -0.4 is 5.32 Å². The van der Waals surface area contributed by atoms with E-state index in [4.69, 9.17) is 23.2 Å². The molecule has 1 aliphatic rings. The molecule has 4 rings (SSSR count). The Labute approximate surface area is 195 Å². The molecule has 1 fully saturated rings. The molecule has 2 heterocycles. The number of rotatable bonds is 5. The molecular formula is C21H13Cl2N3O3S2. The molecule has 0 atom stereocenters. The molecule has 1 aliphatic heterocycles. The van der Waals surface area contributed by atoms with E-state index in [2.05, 4.69) is 10.3 Å². The Bertz CT molecular complexity index is 1190. The fourth-order valence-corrected chi connectivity index (χ4v) is 4.85. The van der Waals surface area contributed by atoms with Gasteiger partial charge in [-0.25, -0.2) is 4.98 Å². The van der Waals surface area contributed by atoms with E-state index >= 15 is 0 Å². The average molecular weight is 490 g/mol. The van der Waals surface area contributed by atoms with Crippen LogP contribution in [-0.4, -0.2) is 33.5 Å². The normalized spacial score (nSPS) is 15.0. The number of halogens is 2. The third-order valence-corrected chi connectivity index (χ3v) is 6.59. The molecule has 1 saturated heterocycles. The van der Waals surface area contributed by atoms with Gasteiger partial charge in [0.05, 0.1) is 10.6 Å². The van der Waals surface area contributed by atoms with Gasteiger partial charge in [0.1, 0.15) is 6.54 Å². The number of amides is 3. The molecule has 0 radical (unpaired) electrons. The highest BCUT2D eigenvalue weighted by Gasteiger charge is 2.36. The summed E-state index contributed by atoms with van der Waals surface area (Å²) in [5.74, 6) is -1.10. The van der Waals surface area contributed by atoms with E-state index in [1.54, 1.807) is 18.2 Å². The van der Waals surface area contributed by atoms with Crippen LogP contribution in [0.3, 0.4) is 0 Å². The monoisotopic (exact) mass is 489 g/mol. The summed E-state index contributed by atoms with van der Waals surface area (Å²) in [6, 6.07) is 14.5. The largest absolute Gasteiger partial charge is 0.300 e. The maximum absolute atomic E-state index is 12.7. The molecule has 0 spiro atoms. The fraction of sp³-hybridized carbons (Fsp3) is 0.0476. The van der Waals surface area contributed by atoms with Crippen LogP contribution >= 0.6 is 46.3 Å². The van der Waals surface area contributed by atoms with Crippen molar-refractivity contribution in [1.82, 2.24) is 9.88 Å². The summed E-state index contributed by atoms with van der Waals surface area (Å²) in [6.07, 6.45) is 1.46. The first-order chi connectivity index (χ1) is 14.9. The van der Waals surface area contributed by atoms with Crippen LogP contribution in [0.25, 0.3) is 17.3 Å². The van der Waals surface area contributed by atoms with Crippen molar-refractivity contribution in [2.24, 2.45) is 0 Å². The SMILES string of the molecule is O=C(CN1C(=O)S/C(=C\c2c(Cl)cccc2Cl)C1=O)Nc1nc(-c2ccccc2)cs1. The molecule has 0 saturated carbocycles. The molecule has 10 heteroatoms. The van der Waals surface area contributed by atoms with E-state index in [0.717, 1.165) is 27.9 Å². The minimum absolute atomic E-state index is 0.147. The number of hydrogen-bond donors (Lipinski definition) is 1. The maximum atomic E-state index is 12.7. The molecule has 0 bridgehead atoms.